The Morgan fingerprint density at radius 2 is 1.88 bits per heavy atom. The van der Waals surface area contributed by atoms with E-state index in [0.29, 0.717) is 6.41 Å². The van der Waals surface area contributed by atoms with Crippen LogP contribution in [0.25, 0.3) is 0 Å². The number of hydrogen-bond acceptors (Lipinski definition) is 3. The predicted octanol–water partition coefficient (Wildman–Crippen LogP) is -0.523. The maximum absolute atomic E-state index is 12.4. The van der Waals surface area contributed by atoms with Gasteiger partial charge in [0.25, 0.3) is 0 Å². The third kappa shape index (κ3) is 2.04. The van der Waals surface area contributed by atoms with Crippen molar-refractivity contribution in [2.75, 3.05) is 26.2 Å². The Balaban J connectivity index is 2.06. The van der Waals surface area contributed by atoms with Crippen molar-refractivity contribution in [1.82, 2.24) is 15.5 Å². The van der Waals surface area contributed by atoms with E-state index < -0.39 is 5.54 Å². The van der Waals surface area contributed by atoms with Crippen LogP contribution in [-0.4, -0.2) is 48.9 Å². The van der Waals surface area contributed by atoms with Gasteiger partial charge in [-0.3, -0.25) is 9.59 Å². The molecule has 5 nitrogen and oxygen atoms in total. The van der Waals surface area contributed by atoms with E-state index in [1.165, 1.54) is 0 Å². The van der Waals surface area contributed by atoms with Crippen molar-refractivity contribution in [2.45, 2.75) is 31.2 Å². The fourth-order valence-electron chi connectivity index (χ4n) is 2.68. The number of nitrogens with one attached hydrogen (secondary N) is 2. The lowest BCUT2D eigenvalue weighted by atomic mass is 9.95. The molecule has 5 heteroatoms. The summed E-state index contributed by atoms with van der Waals surface area (Å²) in [5.41, 5.74) is -0.598. The van der Waals surface area contributed by atoms with E-state index in [-0.39, 0.29) is 5.91 Å². The number of carbonyl (C=O) groups excluding carboxylic acids is 2. The molecule has 1 saturated carbocycles. The van der Waals surface area contributed by atoms with Gasteiger partial charge in [-0.05, 0) is 12.8 Å². The fraction of sp³-hybridized carbons (Fsp3) is 0.818. The normalized spacial score (nSPS) is 24.1. The van der Waals surface area contributed by atoms with Crippen LogP contribution in [0.4, 0.5) is 0 Å². The van der Waals surface area contributed by atoms with Gasteiger partial charge in [0.05, 0.1) is 0 Å². The number of carbonyl (C=O) groups is 2. The van der Waals surface area contributed by atoms with Gasteiger partial charge in [0.2, 0.25) is 12.3 Å². The Morgan fingerprint density at radius 3 is 2.44 bits per heavy atom. The van der Waals surface area contributed by atoms with E-state index >= 15 is 0 Å². The minimum absolute atomic E-state index is 0.110. The Hall–Kier alpha value is -1.10. The molecule has 2 fully saturated rings. The third-order valence-corrected chi connectivity index (χ3v) is 3.61. The molecule has 0 spiro atoms. The first-order chi connectivity index (χ1) is 7.78. The van der Waals surface area contributed by atoms with E-state index in [0.717, 1.165) is 51.9 Å². The minimum atomic E-state index is -0.598. The fourth-order valence-corrected chi connectivity index (χ4v) is 2.68. The largest absolute Gasteiger partial charge is 0.344 e. The zero-order valence-corrected chi connectivity index (χ0v) is 9.50. The maximum atomic E-state index is 12.4. The highest BCUT2D eigenvalue weighted by Crippen LogP contribution is 2.31. The van der Waals surface area contributed by atoms with E-state index in [9.17, 15) is 9.59 Å². The Bertz CT molecular complexity index is 268. The molecular formula is C11H19N3O2. The second-order valence-electron chi connectivity index (χ2n) is 4.59. The van der Waals surface area contributed by atoms with Crippen molar-refractivity contribution >= 4 is 12.3 Å². The summed E-state index contributed by atoms with van der Waals surface area (Å²) in [5, 5.41) is 5.98. The molecule has 0 bridgehead atoms. The van der Waals surface area contributed by atoms with Gasteiger partial charge in [-0.1, -0.05) is 12.8 Å². The van der Waals surface area contributed by atoms with Crippen molar-refractivity contribution in [1.29, 1.82) is 0 Å². The second-order valence-corrected chi connectivity index (χ2v) is 4.59. The molecule has 0 aromatic heterocycles. The van der Waals surface area contributed by atoms with Crippen molar-refractivity contribution in [3.05, 3.63) is 0 Å². The van der Waals surface area contributed by atoms with Crippen molar-refractivity contribution < 1.29 is 9.59 Å². The summed E-state index contributed by atoms with van der Waals surface area (Å²) in [4.78, 5) is 24.9. The monoisotopic (exact) mass is 225 g/mol. The second kappa shape index (κ2) is 4.82. The molecule has 0 aromatic rings. The molecule has 1 heterocycles. The van der Waals surface area contributed by atoms with Gasteiger partial charge in [-0.25, -0.2) is 0 Å². The lowest BCUT2D eigenvalue weighted by Gasteiger charge is -2.36. The van der Waals surface area contributed by atoms with Crippen LogP contribution in [0.5, 0.6) is 0 Å². The predicted molar refractivity (Wildman–Crippen MR) is 59.8 cm³/mol. The van der Waals surface area contributed by atoms with Crippen LogP contribution in [0.2, 0.25) is 0 Å². The molecule has 0 radical (unpaired) electrons. The van der Waals surface area contributed by atoms with Crippen molar-refractivity contribution in [3.8, 4) is 0 Å². The first kappa shape index (κ1) is 11.4. The van der Waals surface area contributed by atoms with E-state index in [4.69, 9.17) is 0 Å². The molecule has 2 N–H and O–H groups in total. The van der Waals surface area contributed by atoms with E-state index in [2.05, 4.69) is 10.6 Å². The van der Waals surface area contributed by atoms with Crippen LogP contribution in [0.15, 0.2) is 0 Å². The molecule has 90 valence electrons. The highest BCUT2D eigenvalue weighted by atomic mass is 16.2. The summed E-state index contributed by atoms with van der Waals surface area (Å²) in [6.45, 7) is 3.20. The first-order valence-electron chi connectivity index (χ1n) is 6.00. The average Bonchev–Trinajstić information content (AvgIpc) is 2.80. The lowest BCUT2D eigenvalue weighted by molar-refractivity contribution is -0.140. The van der Waals surface area contributed by atoms with Crippen LogP contribution in [-0.2, 0) is 9.59 Å². The average molecular weight is 225 g/mol. The number of hydrogen-bond donors (Lipinski definition) is 2. The molecule has 0 aromatic carbocycles. The van der Waals surface area contributed by atoms with Crippen LogP contribution >= 0.6 is 0 Å². The van der Waals surface area contributed by atoms with Crippen LogP contribution in [0.1, 0.15) is 25.7 Å². The number of piperazine rings is 1. The molecule has 16 heavy (non-hydrogen) atoms. The SMILES string of the molecule is O=CNC1(C(=O)N2CCNCC2)CCCC1. The lowest BCUT2D eigenvalue weighted by Crippen LogP contribution is -2.59. The van der Waals surface area contributed by atoms with Crippen LogP contribution in [0.3, 0.4) is 0 Å². The minimum Gasteiger partial charge on any atom is -0.344 e. The molecule has 2 aliphatic rings. The molecule has 1 aliphatic heterocycles. The maximum Gasteiger partial charge on any atom is 0.248 e. The van der Waals surface area contributed by atoms with Crippen molar-refractivity contribution in [3.63, 3.8) is 0 Å². The van der Waals surface area contributed by atoms with Gasteiger partial charge in [-0.2, -0.15) is 0 Å². The summed E-state index contributed by atoms with van der Waals surface area (Å²) >= 11 is 0. The summed E-state index contributed by atoms with van der Waals surface area (Å²) in [5.74, 6) is 0.110. The molecule has 0 atom stereocenters. The number of nitrogens with zero attached hydrogens (tertiary/aromatic N) is 1. The molecule has 1 saturated heterocycles. The molecule has 1 aliphatic carbocycles. The molecule has 2 amide bonds. The first-order valence-corrected chi connectivity index (χ1v) is 6.00. The smallest absolute Gasteiger partial charge is 0.248 e. The zero-order valence-electron chi connectivity index (χ0n) is 9.50. The summed E-state index contributed by atoms with van der Waals surface area (Å²) in [7, 11) is 0. The van der Waals surface area contributed by atoms with Crippen LogP contribution in [0, 0.1) is 0 Å². The van der Waals surface area contributed by atoms with Gasteiger partial charge < -0.3 is 15.5 Å². The quantitative estimate of drug-likeness (QED) is 0.635. The van der Waals surface area contributed by atoms with Gasteiger partial charge in [-0.15, -0.1) is 0 Å². The van der Waals surface area contributed by atoms with Gasteiger partial charge in [0, 0.05) is 26.2 Å². The summed E-state index contributed by atoms with van der Waals surface area (Å²) < 4.78 is 0. The summed E-state index contributed by atoms with van der Waals surface area (Å²) in [6.07, 6.45) is 4.30. The topological polar surface area (TPSA) is 61.4 Å². The summed E-state index contributed by atoms with van der Waals surface area (Å²) in [6, 6.07) is 0. The molecular weight excluding hydrogens is 206 g/mol. The highest BCUT2D eigenvalue weighted by molar-refractivity contribution is 5.88. The number of rotatable bonds is 3. The van der Waals surface area contributed by atoms with E-state index in [1.807, 2.05) is 4.90 Å². The molecule has 0 unspecified atom stereocenters. The Labute approximate surface area is 95.6 Å². The Kier molecular flexibility index (Phi) is 3.43. The third-order valence-electron chi connectivity index (χ3n) is 3.61. The zero-order chi connectivity index (χ0) is 11.4. The Morgan fingerprint density at radius 1 is 1.25 bits per heavy atom. The van der Waals surface area contributed by atoms with Gasteiger partial charge >= 0.3 is 0 Å². The van der Waals surface area contributed by atoms with E-state index in [1.54, 1.807) is 0 Å². The van der Waals surface area contributed by atoms with Gasteiger partial charge in [0.15, 0.2) is 0 Å². The van der Waals surface area contributed by atoms with Crippen molar-refractivity contribution in [2.24, 2.45) is 0 Å². The standard InChI is InChI=1S/C11H19N3O2/c15-9-13-11(3-1-2-4-11)10(16)14-7-5-12-6-8-14/h9,12H,1-8H2,(H,13,15). The molecule has 2 rings (SSSR count). The van der Waals surface area contributed by atoms with Gasteiger partial charge in [0.1, 0.15) is 5.54 Å². The number of amides is 2. The van der Waals surface area contributed by atoms with Crippen LogP contribution < -0.4 is 10.6 Å². The highest BCUT2D eigenvalue weighted by Gasteiger charge is 2.43.